The van der Waals surface area contributed by atoms with E-state index in [-0.39, 0.29) is 29.2 Å². The summed E-state index contributed by atoms with van der Waals surface area (Å²) < 4.78 is 28.3. The van der Waals surface area contributed by atoms with Crippen molar-refractivity contribution in [2.75, 3.05) is 19.7 Å². The number of benzene rings is 2. The molecule has 2 amide bonds. The number of rotatable bonds is 15. The largest absolute Gasteiger partial charge is 0.395 e. The fourth-order valence-corrected chi connectivity index (χ4v) is 6.60. The van der Waals surface area contributed by atoms with Crippen molar-refractivity contribution < 1.29 is 23.1 Å². The van der Waals surface area contributed by atoms with Gasteiger partial charge in [0.2, 0.25) is 21.8 Å². The first-order chi connectivity index (χ1) is 19.0. The molecule has 4 N–H and O–H groups in total. The average molecular weight is 571 g/mol. The summed E-state index contributed by atoms with van der Waals surface area (Å²) in [6, 6.07) is 13.2. The molecule has 0 saturated heterocycles. The van der Waals surface area contributed by atoms with Crippen LogP contribution in [-0.2, 0) is 26.0 Å². The number of carbonyl (C=O) groups excluding carboxylic acids is 2. The Morgan fingerprint density at radius 3 is 2.40 bits per heavy atom. The molecule has 9 nitrogen and oxygen atoms in total. The molecule has 0 aliphatic heterocycles. The van der Waals surface area contributed by atoms with Gasteiger partial charge in [-0.3, -0.25) is 9.59 Å². The van der Waals surface area contributed by atoms with E-state index >= 15 is 0 Å². The van der Waals surface area contributed by atoms with E-state index in [1.807, 2.05) is 51.2 Å². The molecule has 1 heterocycles. The molecule has 0 fully saturated rings. The zero-order valence-corrected chi connectivity index (χ0v) is 24.6. The summed E-state index contributed by atoms with van der Waals surface area (Å²) in [6.07, 6.45) is 3.87. The molecule has 2 atom stereocenters. The number of aromatic nitrogens is 1. The number of aliphatic hydroxyl groups excluding tert-OH is 1. The van der Waals surface area contributed by atoms with Gasteiger partial charge in [-0.2, -0.15) is 4.31 Å². The van der Waals surface area contributed by atoms with Gasteiger partial charge in [0.05, 0.1) is 11.5 Å². The zero-order chi connectivity index (χ0) is 29.3. The number of sulfonamides is 1. The van der Waals surface area contributed by atoms with Gasteiger partial charge in [0.25, 0.3) is 0 Å². The maximum absolute atomic E-state index is 13.5. The molecular formula is C30H42N4O5S. The topological polar surface area (TPSA) is 132 Å². The first-order valence-corrected chi connectivity index (χ1v) is 15.3. The molecule has 0 unspecified atom stereocenters. The van der Waals surface area contributed by atoms with E-state index in [1.54, 1.807) is 24.3 Å². The van der Waals surface area contributed by atoms with Crippen molar-refractivity contribution in [2.24, 2.45) is 5.92 Å². The van der Waals surface area contributed by atoms with Crippen LogP contribution in [0.2, 0.25) is 0 Å². The number of hydrogen-bond acceptors (Lipinski definition) is 5. The quantitative estimate of drug-likeness (QED) is 0.208. The molecular weight excluding hydrogens is 528 g/mol. The average Bonchev–Trinajstić information content (AvgIpc) is 3.32. The lowest BCUT2D eigenvalue weighted by Gasteiger charge is -2.31. The Labute approximate surface area is 237 Å². The minimum absolute atomic E-state index is 0.0800. The van der Waals surface area contributed by atoms with Crippen molar-refractivity contribution in [2.45, 2.75) is 70.4 Å². The molecule has 0 aliphatic rings. The fourth-order valence-electron chi connectivity index (χ4n) is 4.79. The van der Waals surface area contributed by atoms with Crippen LogP contribution < -0.4 is 10.6 Å². The first kappa shape index (κ1) is 31.3. The lowest BCUT2D eigenvalue weighted by Crippen LogP contribution is -2.47. The minimum atomic E-state index is -3.78. The van der Waals surface area contributed by atoms with E-state index in [2.05, 4.69) is 15.6 Å². The third-order valence-corrected chi connectivity index (χ3v) is 8.78. The normalized spacial score (nSPS) is 13.5. The van der Waals surface area contributed by atoms with Crippen molar-refractivity contribution >= 4 is 32.7 Å². The molecule has 1 aromatic heterocycles. The predicted octanol–water partition coefficient (Wildman–Crippen LogP) is 3.52. The number of H-pyrrole nitrogens is 1. The number of amides is 2. The highest BCUT2D eigenvalue weighted by atomic mass is 32.2. The molecule has 0 saturated carbocycles. The standard InChI is InChI=1S/C30H42N4O5S/c1-21(2)19-34(40(38,39)26-14-12-22(3)13-15-26)25(20-35)9-7-8-16-31-30(37)29(33-23(4)36)17-24-18-32-28-11-6-5-10-27(24)28/h5-6,10-15,18,21,25,29,32,35H,7-9,16-17,19-20H2,1-4H3,(H,31,37)(H,33,36)/t25-,29-/m0/s1. The summed E-state index contributed by atoms with van der Waals surface area (Å²) in [5.41, 5.74) is 2.88. The maximum atomic E-state index is 13.5. The second kappa shape index (κ2) is 14.4. The number of unbranched alkanes of at least 4 members (excludes halogenated alkanes) is 1. The van der Waals surface area contributed by atoms with Crippen molar-refractivity contribution in [3.05, 3.63) is 65.9 Å². The summed E-state index contributed by atoms with van der Waals surface area (Å²) in [7, 11) is -3.78. The van der Waals surface area contributed by atoms with Crippen LogP contribution in [0.5, 0.6) is 0 Å². The van der Waals surface area contributed by atoms with Crippen LogP contribution >= 0.6 is 0 Å². The number of nitrogens with one attached hydrogen (secondary N) is 3. The van der Waals surface area contributed by atoms with Crippen LogP contribution in [0.4, 0.5) is 0 Å². The zero-order valence-electron chi connectivity index (χ0n) is 23.8. The molecule has 0 bridgehead atoms. The minimum Gasteiger partial charge on any atom is -0.395 e. The number of nitrogens with zero attached hydrogens (tertiary/aromatic N) is 1. The van der Waals surface area contributed by atoms with Gasteiger partial charge in [-0.05, 0) is 49.4 Å². The molecule has 0 radical (unpaired) electrons. The van der Waals surface area contributed by atoms with Gasteiger partial charge < -0.3 is 20.7 Å². The van der Waals surface area contributed by atoms with E-state index in [4.69, 9.17) is 0 Å². The van der Waals surface area contributed by atoms with Crippen molar-refractivity contribution in [3.8, 4) is 0 Å². The lowest BCUT2D eigenvalue weighted by molar-refractivity contribution is -0.128. The first-order valence-electron chi connectivity index (χ1n) is 13.8. The summed E-state index contributed by atoms with van der Waals surface area (Å²) in [6.45, 7) is 7.56. The number of hydrogen-bond donors (Lipinski definition) is 4. The fraction of sp³-hybridized carbons (Fsp3) is 0.467. The number of aromatic amines is 1. The molecule has 0 aliphatic carbocycles. The van der Waals surface area contributed by atoms with Crippen LogP contribution in [0, 0.1) is 12.8 Å². The monoisotopic (exact) mass is 570 g/mol. The highest BCUT2D eigenvalue weighted by molar-refractivity contribution is 7.89. The van der Waals surface area contributed by atoms with E-state index in [9.17, 15) is 23.1 Å². The lowest BCUT2D eigenvalue weighted by atomic mass is 10.0. The Morgan fingerprint density at radius 2 is 1.75 bits per heavy atom. The molecule has 10 heteroatoms. The molecule has 0 spiro atoms. The van der Waals surface area contributed by atoms with Gasteiger partial charge in [-0.1, -0.05) is 56.2 Å². The smallest absolute Gasteiger partial charge is 0.243 e. The van der Waals surface area contributed by atoms with Crippen molar-refractivity contribution in [1.82, 2.24) is 19.9 Å². The molecule has 2 aromatic carbocycles. The van der Waals surface area contributed by atoms with Crippen molar-refractivity contribution in [3.63, 3.8) is 0 Å². The van der Waals surface area contributed by atoms with Crippen LogP contribution in [0.15, 0.2) is 59.6 Å². The second-order valence-electron chi connectivity index (χ2n) is 10.7. The second-order valence-corrected chi connectivity index (χ2v) is 12.6. The molecule has 218 valence electrons. The van der Waals surface area contributed by atoms with Crippen LogP contribution in [0.1, 0.15) is 51.2 Å². The van der Waals surface area contributed by atoms with Gasteiger partial charge in [0, 0.05) is 49.6 Å². The molecule has 3 aromatic rings. The van der Waals surface area contributed by atoms with Gasteiger partial charge in [0.15, 0.2) is 0 Å². The summed E-state index contributed by atoms with van der Waals surface area (Å²) in [4.78, 5) is 28.2. The summed E-state index contributed by atoms with van der Waals surface area (Å²) in [5, 5.41) is 16.8. The Bertz CT molecular complexity index is 1370. The van der Waals surface area contributed by atoms with E-state index in [0.717, 1.165) is 22.0 Å². The number of carbonyl (C=O) groups is 2. The maximum Gasteiger partial charge on any atom is 0.243 e. The Morgan fingerprint density at radius 1 is 1.05 bits per heavy atom. The Hall–Kier alpha value is -3.21. The summed E-state index contributed by atoms with van der Waals surface area (Å²) in [5.74, 6) is -0.482. The SMILES string of the molecule is CC(=O)N[C@@H](Cc1c[nH]c2ccccc12)C(=O)NCCCC[C@@H](CO)N(CC(C)C)S(=O)(=O)c1ccc(C)cc1. The highest BCUT2D eigenvalue weighted by Crippen LogP contribution is 2.23. The number of para-hydroxylation sites is 1. The molecule has 3 rings (SSSR count). The predicted molar refractivity (Wildman–Crippen MR) is 157 cm³/mol. The van der Waals surface area contributed by atoms with Gasteiger partial charge in [0.1, 0.15) is 6.04 Å². The number of aliphatic hydroxyl groups is 1. The van der Waals surface area contributed by atoms with Crippen molar-refractivity contribution in [1.29, 1.82) is 0 Å². The van der Waals surface area contributed by atoms with Gasteiger partial charge in [-0.15, -0.1) is 0 Å². The van der Waals surface area contributed by atoms with Gasteiger partial charge >= 0.3 is 0 Å². The Kier molecular flexibility index (Phi) is 11.3. The van der Waals surface area contributed by atoms with E-state index in [0.29, 0.717) is 38.8 Å². The number of fused-ring (bicyclic) bond motifs is 1. The highest BCUT2D eigenvalue weighted by Gasteiger charge is 2.31. The van der Waals surface area contributed by atoms with E-state index in [1.165, 1.54) is 11.2 Å². The van der Waals surface area contributed by atoms with Gasteiger partial charge in [-0.25, -0.2) is 8.42 Å². The third kappa shape index (κ3) is 8.39. The van der Waals surface area contributed by atoms with E-state index < -0.39 is 22.1 Å². The third-order valence-electron chi connectivity index (χ3n) is 6.85. The summed E-state index contributed by atoms with van der Waals surface area (Å²) >= 11 is 0. The Balaban J connectivity index is 1.58. The van der Waals surface area contributed by atoms with Crippen LogP contribution in [0.25, 0.3) is 10.9 Å². The number of aryl methyl sites for hydroxylation is 1. The van der Waals surface area contributed by atoms with Crippen LogP contribution in [-0.4, -0.2) is 66.4 Å². The van der Waals surface area contributed by atoms with Crippen LogP contribution in [0.3, 0.4) is 0 Å². The molecule has 40 heavy (non-hydrogen) atoms.